The van der Waals surface area contributed by atoms with Crippen molar-refractivity contribution >= 4 is 0 Å². The first-order chi connectivity index (χ1) is 14.3. The number of benzene rings is 3. The highest BCUT2D eigenvalue weighted by atomic mass is 16.5. The van der Waals surface area contributed by atoms with Crippen LogP contribution in [0.15, 0.2) is 84.9 Å². The maximum absolute atomic E-state index is 7.62. The Morgan fingerprint density at radius 1 is 0.517 bits per heavy atom. The average molecular weight is 376 g/mol. The van der Waals surface area contributed by atoms with Crippen LogP contribution in [0, 0.1) is 22.7 Å². The molecule has 5 fully saturated rings. The minimum atomic E-state index is -0.305. The first-order valence-electron chi connectivity index (χ1n) is 11.2. The molecule has 0 amide bonds. The highest BCUT2D eigenvalue weighted by molar-refractivity contribution is 5.63. The summed E-state index contributed by atoms with van der Waals surface area (Å²) in [6.45, 7) is 0. The first kappa shape index (κ1) is 15.5. The molecule has 0 radical (unpaired) electrons. The Labute approximate surface area is 171 Å². The normalized spacial score (nSPS) is 44.4. The summed E-state index contributed by atoms with van der Waals surface area (Å²) in [5, 5.41) is 0. The van der Waals surface area contributed by atoms with Crippen molar-refractivity contribution in [1.29, 1.82) is 0 Å². The highest BCUT2D eigenvalue weighted by Crippen LogP contribution is 2.93. The van der Waals surface area contributed by atoms with Crippen LogP contribution in [-0.4, -0.2) is 0 Å². The van der Waals surface area contributed by atoms with Gasteiger partial charge in [-0.3, -0.25) is 0 Å². The molecule has 4 aliphatic carbocycles. The van der Waals surface area contributed by atoms with Crippen LogP contribution < -0.4 is 0 Å². The molecule has 2 unspecified atom stereocenters. The quantitative estimate of drug-likeness (QED) is 0.531. The third-order valence-electron chi connectivity index (χ3n) is 9.73. The highest BCUT2D eigenvalue weighted by Gasteiger charge is 2.91. The van der Waals surface area contributed by atoms with Gasteiger partial charge >= 0.3 is 0 Å². The van der Waals surface area contributed by atoms with Crippen molar-refractivity contribution in [2.75, 3.05) is 0 Å². The molecule has 2 heterocycles. The van der Waals surface area contributed by atoms with Gasteiger partial charge in [0.05, 0.1) is 0 Å². The van der Waals surface area contributed by atoms with Crippen molar-refractivity contribution in [3.8, 4) is 0 Å². The van der Waals surface area contributed by atoms with Crippen molar-refractivity contribution in [2.24, 2.45) is 22.7 Å². The topological polar surface area (TPSA) is 9.23 Å². The second-order valence-electron chi connectivity index (χ2n) is 10.2. The van der Waals surface area contributed by atoms with Gasteiger partial charge in [0.1, 0.15) is 11.2 Å². The summed E-state index contributed by atoms with van der Waals surface area (Å²) in [4.78, 5) is 0. The monoisotopic (exact) mass is 376 g/mol. The van der Waals surface area contributed by atoms with Gasteiger partial charge < -0.3 is 4.74 Å². The number of ether oxygens (including phenoxy) is 1. The van der Waals surface area contributed by atoms with Crippen molar-refractivity contribution in [2.45, 2.75) is 36.9 Å². The second-order valence-corrected chi connectivity index (χ2v) is 10.2. The lowest BCUT2D eigenvalue weighted by Crippen LogP contribution is -2.52. The molecule has 0 N–H and O–H groups in total. The molecule has 4 atom stereocenters. The largest absolute Gasteiger partial charge is 0.348 e. The molecule has 2 aliphatic heterocycles. The van der Waals surface area contributed by atoms with Gasteiger partial charge in [0.25, 0.3) is 0 Å². The number of hydrogen-bond donors (Lipinski definition) is 0. The molecule has 29 heavy (non-hydrogen) atoms. The molecule has 3 aromatic rings. The fraction of sp³-hybridized carbons (Fsp3) is 0.357. The Morgan fingerprint density at radius 3 is 1.31 bits per heavy atom. The van der Waals surface area contributed by atoms with Gasteiger partial charge in [0.2, 0.25) is 0 Å². The minimum absolute atomic E-state index is 0.237. The van der Waals surface area contributed by atoms with E-state index >= 15 is 0 Å². The number of hydrogen-bond acceptors (Lipinski definition) is 1. The summed E-state index contributed by atoms with van der Waals surface area (Å²) >= 11 is 0. The van der Waals surface area contributed by atoms with Gasteiger partial charge in [-0.1, -0.05) is 84.9 Å². The van der Waals surface area contributed by atoms with E-state index in [1.165, 1.54) is 47.9 Å². The van der Waals surface area contributed by atoms with Crippen LogP contribution in [-0.2, 0) is 15.9 Å². The second kappa shape index (κ2) is 4.52. The zero-order chi connectivity index (χ0) is 18.9. The van der Waals surface area contributed by atoms with Gasteiger partial charge in [-0.15, -0.1) is 0 Å². The summed E-state index contributed by atoms with van der Waals surface area (Å²) < 4.78 is 7.62. The van der Waals surface area contributed by atoms with E-state index < -0.39 is 0 Å². The van der Waals surface area contributed by atoms with Crippen LogP contribution in [0.4, 0.5) is 0 Å². The molecule has 3 aromatic carbocycles. The number of rotatable bonds is 2. The van der Waals surface area contributed by atoms with Gasteiger partial charge in [0.15, 0.2) is 0 Å². The van der Waals surface area contributed by atoms with Gasteiger partial charge in [-0.25, -0.2) is 0 Å². The summed E-state index contributed by atoms with van der Waals surface area (Å²) in [5.74, 6) is 1.78. The smallest absolute Gasteiger partial charge is 0.126 e. The zero-order valence-electron chi connectivity index (χ0n) is 16.5. The van der Waals surface area contributed by atoms with E-state index in [4.69, 9.17) is 4.74 Å². The SMILES string of the molecule is c1ccc([C@@]23O[C@@](c4ccccc4)(c4ccccc42)C24CC5CC23CC5C4)cc1. The summed E-state index contributed by atoms with van der Waals surface area (Å²) in [5.41, 5.74) is 5.48. The summed E-state index contributed by atoms with van der Waals surface area (Å²) in [6.07, 6.45) is 5.37. The average Bonchev–Trinajstić information content (AvgIpc) is 3.57. The lowest BCUT2D eigenvalue weighted by atomic mass is 9.47. The first-order valence-corrected chi connectivity index (χ1v) is 11.2. The molecule has 1 nitrogen and oxygen atoms in total. The van der Waals surface area contributed by atoms with E-state index in [1.54, 1.807) is 0 Å². The van der Waals surface area contributed by atoms with Gasteiger partial charge in [-0.2, -0.15) is 0 Å². The Balaban J connectivity index is 1.57. The van der Waals surface area contributed by atoms with Crippen LogP contribution in [0.3, 0.4) is 0 Å². The molecule has 2 spiro atoms. The van der Waals surface area contributed by atoms with E-state index in [0.29, 0.717) is 0 Å². The summed E-state index contributed by atoms with van der Waals surface area (Å²) in [7, 11) is 0. The fourth-order valence-electron chi connectivity index (χ4n) is 9.27. The molecule has 1 heteroatoms. The van der Waals surface area contributed by atoms with Crippen LogP contribution in [0.1, 0.15) is 47.9 Å². The van der Waals surface area contributed by atoms with Crippen molar-refractivity contribution in [3.63, 3.8) is 0 Å². The Morgan fingerprint density at radius 2 is 0.897 bits per heavy atom. The lowest BCUT2D eigenvalue weighted by molar-refractivity contribution is -0.0827. The van der Waals surface area contributed by atoms with Gasteiger partial charge in [0, 0.05) is 10.8 Å². The predicted octanol–water partition coefficient (Wildman–Crippen LogP) is 6.02. The molecular formula is C28H24O. The lowest BCUT2D eigenvalue weighted by Gasteiger charge is -2.51. The van der Waals surface area contributed by atoms with Crippen LogP contribution >= 0.6 is 0 Å². The molecule has 4 saturated carbocycles. The third kappa shape index (κ3) is 1.28. The van der Waals surface area contributed by atoms with Crippen LogP contribution in [0.2, 0.25) is 0 Å². The van der Waals surface area contributed by atoms with Crippen molar-refractivity contribution in [1.82, 2.24) is 0 Å². The molecule has 0 aromatic heterocycles. The molecule has 1 saturated heterocycles. The van der Waals surface area contributed by atoms with E-state index in [2.05, 4.69) is 84.9 Å². The molecule has 142 valence electrons. The Bertz CT molecular complexity index is 1060. The number of fused-ring (bicyclic) bond motifs is 5. The van der Waals surface area contributed by atoms with Crippen molar-refractivity contribution < 1.29 is 4.74 Å². The van der Waals surface area contributed by atoms with Crippen LogP contribution in [0.5, 0.6) is 0 Å². The maximum Gasteiger partial charge on any atom is 0.126 e. The Kier molecular flexibility index (Phi) is 2.41. The molecule has 6 aliphatic rings. The molecule has 6 bridgehead atoms. The van der Waals surface area contributed by atoms with E-state index in [1.807, 2.05) is 0 Å². The van der Waals surface area contributed by atoms with Crippen molar-refractivity contribution in [3.05, 3.63) is 107 Å². The van der Waals surface area contributed by atoms with Crippen LogP contribution in [0.25, 0.3) is 0 Å². The summed E-state index contributed by atoms with van der Waals surface area (Å²) in [6, 6.07) is 31.6. The van der Waals surface area contributed by atoms with E-state index in [9.17, 15) is 0 Å². The predicted molar refractivity (Wildman–Crippen MR) is 112 cm³/mol. The van der Waals surface area contributed by atoms with E-state index in [-0.39, 0.29) is 22.0 Å². The minimum Gasteiger partial charge on any atom is -0.348 e. The molecule has 9 rings (SSSR count). The standard InChI is InChI=1S/C28H24O/c1-3-9-21(10-4-1)27-23-13-7-8-14-24(23)28(29-27,22-11-5-2-6-12-22)26-17-19-15-25(26,27)16-20(19)18-26/h1-14,19-20H,15-18H2/t19?,20?,25?,26?,27-,28+. The fourth-order valence-corrected chi connectivity index (χ4v) is 9.27. The Hall–Kier alpha value is -2.38. The zero-order valence-corrected chi connectivity index (χ0v) is 16.5. The molecular weight excluding hydrogens is 352 g/mol. The third-order valence-corrected chi connectivity index (χ3v) is 9.73. The maximum atomic E-state index is 7.62. The van der Waals surface area contributed by atoms with E-state index in [0.717, 1.165) is 11.8 Å². The van der Waals surface area contributed by atoms with Gasteiger partial charge in [-0.05, 0) is 59.8 Å².